The third-order valence-electron chi connectivity index (χ3n) is 5.32. The number of rotatable bonds is 7. The number of ether oxygens (including phenoxy) is 1. The topological polar surface area (TPSA) is 75.7 Å². The number of amides is 3. The van der Waals surface area contributed by atoms with E-state index in [1.807, 2.05) is 44.2 Å². The van der Waals surface area contributed by atoms with E-state index >= 15 is 0 Å². The number of aryl methyl sites for hydroxylation is 2. The molecule has 1 saturated heterocycles. The Morgan fingerprint density at radius 2 is 1.83 bits per heavy atom. The number of carbonyl (C=O) groups excluding carboxylic acids is 3. The largest absolute Gasteiger partial charge is 0.484 e. The molecule has 35 heavy (non-hydrogen) atoms. The zero-order valence-electron chi connectivity index (χ0n) is 19.2. The second kappa shape index (κ2) is 10.8. The van der Waals surface area contributed by atoms with Crippen molar-refractivity contribution in [2.45, 2.75) is 20.4 Å². The summed E-state index contributed by atoms with van der Waals surface area (Å²) in [6, 6.07) is 20.0. The van der Waals surface area contributed by atoms with Crippen molar-refractivity contribution in [3.05, 3.63) is 98.9 Å². The smallest absolute Gasteiger partial charge is 0.293 e. The maximum Gasteiger partial charge on any atom is 0.293 e. The number of carbonyl (C=O) groups is 3. The van der Waals surface area contributed by atoms with E-state index in [0.717, 1.165) is 28.5 Å². The van der Waals surface area contributed by atoms with Crippen LogP contribution in [0.2, 0.25) is 5.02 Å². The normalized spacial score (nSPS) is 14.5. The summed E-state index contributed by atoms with van der Waals surface area (Å²) < 4.78 is 5.61. The van der Waals surface area contributed by atoms with Gasteiger partial charge in [-0.3, -0.25) is 19.3 Å². The van der Waals surface area contributed by atoms with Crippen molar-refractivity contribution in [2.24, 2.45) is 0 Å². The molecule has 1 N–H and O–H groups in total. The Bertz CT molecular complexity index is 1320. The Labute approximate surface area is 212 Å². The summed E-state index contributed by atoms with van der Waals surface area (Å²) in [6.45, 7) is 3.90. The number of nitrogens with one attached hydrogen (secondary N) is 1. The standard InChI is InChI=1S/C27H23ClN2O4S/c1-17-6-9-19(10-7-17)15-30-26(32)24(35-27(30)33)13-20-4-3-5-22(12-20)34-16-25(31)29-21-11-8-18(2)23(28)14-21/h3-14H,15-16H2,1-2H3,(H,29,31)/b24-13-. The van der Waals surface area contributed by atoms with Crippen LogP contribution in [0.25, 0.3) is 6.08 Å². The van der Waals surface area contributed by atoms with Crippen LogP contribution in [-0.4, -0.2) is 28.6 Å². The molecule has 6 nitrogen and oxygen atoms in total. The molecule has 1 aliphatic heterocycles. The minimum atomic E-state index is -0.331. The van der Waals surface area contributed by atoms with Crippen molar-refractivity contribution in [3.63, 3.8) is 0 Å². The number of hydrogen-bond donors (Lipinski definition) is 1. The van der Waals surface area contributed by atoms with Crippen LogP contribution < -0.4 is 10.1 Å². The van der Waals surface area contributed by atoms with Crippen molar-refractivity contribution in [3.8, 4) is 5.75 Å². The Hall–Kier alpha value is -3.55. The van der Waals surface area contributed by atoms with Crippen LogP contribution in [0.3, 0.4) is 0 Å². The second-order valence-corrected chi connectivity index (χ2v) is 9.53. The Balaban J connectivity index is 1.38. The van der Waals surface area contributed by atoms with Gasteiger partial charge in [0.1, 0.15) is 5.75 Å². The molecule has 0 aromatic heterocycles. The highest BCUT2D eigenvalue weighted by atomic mass is 35.5. The van der Waals surface area contributed by atoms with Gasteiger partial charge in [0.2, 0.25) is 0 Å². The highest BCUT2D eigenvalue weighted by Crippen LogP contribution is 2.33. The zero-order chi connectivity index (χ0) is 24.9. The fourth-order valence-electron chi connectivity index (χ4n) is 3.37. The molecule has 0 radical (unpaired) electrons. The molecule has 3 aromatic carbocycles. The molecular formula is C27H23ClN2O4S. The van der Waals surface area contributed by atoms with Crippen molar-refractivity contribution >= 4 is 52.2 Å². The van der Waals surface area contributed by atoms with E-state index in [4.69, 9.17) is 16.3 Å². The third-order valence-corrected chi connectivity index (χ3v) is 6.63. The number of nitrogens with zero attached hydrogens (tertiary/aromatic N) is 1. The first kappa shape index (κ1) is 24.6. The Kier molecular flexibility index (Phi) is 7.58. The minimum absolute atomic E-state index is 0.192. The first-order chi connectivity index (χ1) is 16.8. The van der Waals surface area contributed by atoms with Gasteiger partial charge in [-0.25, -0.2) is 0 Å². The highest BCUT2D eigenvalue weighted by Gasteiger charge is 2.34. The van der Waals surface area contributed by atoms with Gasteiger partial charge in [0, 0.05) is 10.7 Å². The molecule has 3 amide bonds. The summed E-state index contributed by atoms with van der Waals surface area (Å²) in [4.78, 5) is 39.1. The monoisotopic (exact) mass is 506 g/mol. The van der Waals surface area contributed by atoms with Gasteiger partial charge in [-0.15, -0.1) is 0 Å². The van der Waals surface area contributed by atoms with Gasteiger partial charge in [-0.2, -0.15) is 0 Å². The molecule has 0 aliphatic carbocycles. The van der Waals surface area contributed by atoms with E-state index in [9.17, 15) is 14.4 Å². The lowest BCUT2D eigenvalue weighted by atomic mass is 10.1. The maximum absolute atomic E-state index is 12.8. The maximum atomic E-state index is 12.8. The Morgan fingerprint density at radius 3 is 2.57 bits per heavy atom. The average Bonchev–Trinajstić information content (AvgIpc) is 3.09. The van der Waals surface area contributed by atoms with Gasteiger partial charge in [0.15, 0.2) is 6.61 Å². The molecule has 0 bridgehead atoms. The van der Waals surface area contributed by atoms with Crippen LogP contribution >= 0.6 is 23.4 Å². The number of halogens is 1. The fourth-order valence-corrected chi connectivity index (χ4v) is 4.39. The summed E-state index contributed by atoms with van der Waals surface area (Å²) in [5.74, 6) is -0.190. The molecule has 0 unspecified atom stereocenters. The average molecular weight is 507 g/mol. The van der Waals surface area contributed by atoms with E-state index in [-0.39, 0.29) is 30.2 Å². The molecule has 0 atom stereocenters. The molecule has 4 rings (SSSR count). The summed E-state index contributed by atoms with van der Waals surface area (Å²) in [7, 11) is 0. The predicted octanol–water partition coefficient (Wildman–Crippen LogP) is 6.21. The summed E-state index contributed by atoms with van der Waals surface area (Å²) >= 11 is 7.00. The lowest BCUT2D eigenvalue weighted by Gasteiger charge is -2.12. The van der Waals surface area contributed by atoms with Gasteiger partial charge < -0.3 is 10.1 Å². The van der Waals surface area contributed by atoms with Crippen LogP contribution in [0, 0.1) is 13.8 Å². The minimum Gasteiger partial charge on any atom is -0.484 e. The SMILES string of the molecule is Cc1ccc(CN2C(=O)S/C(=C\c3cccc(OCC(=O)Nc4ccc(C)c(Cl)c4)c3)C2=O)cc1. The van der Waals surface area contributed by atoms with E-state index in [1.165, 1.54) is 4.90 Å². The van der Waals surface area contributed by atoms with E-state index < -0.39 is 0 Å². The number of thioether (sulfide) groups is 1. The lowest BCUT2D eigenvalue weighted by Crippen LogP contribution is -2.27. The van der Waals surface area contributed by atoms with Crippen molar-refractivity contribution in [1.82, 2.24) is 4.90 Å². The van der Waals surface area contributed by atoms with Gasteiger partial charge in [0.25, 0.3) is 17.1 Å². The van der Waals surface area contributed by atoms with Gasteiger partial charge >= 0.3 is 0 Å². The second-order valence-electron chi connectivity index (χ2n) is 8.13. The molecule has 178 valence electrons. The molecule has 0 saturated carbocycles. The van der Waals surface area contributed by atoms with Crippen molar-refractivity contribution in [1.29, 1.82) is 0 Å². The number of hydrogen-bond acceptors (Lipinski definition) is 5. The lowest BCUT2D eigenvalue weighted by molar-refractivity contribution is -0.123. The van der Waals surface area contributed by atoms with E-state index in [0.29, 0.717) is 26.9 Å². The Morgan fingerprint density at radius 1 is 1.06 bits per heavy atom. The van der Waals surface area contributed by atoms with E-state index in [2.05, 4.69) is 5.32 Å². The molecule has 1 heterocycles. The van der Waals surface area contributed by atoms with Gasteiger partial charge in [-0.1, -0.05) is 59.6 Å². The summed E-state index contributed by atoms with van der Waals surface area (Å²) in [6.07, 6.45) is 1.65. The molecule has 3 aromatic rings. The molecule has 1 fully saturated rings. The first-order valence-corrected chi connectivity index (χ1v) is 12.1. The molecular weight excluding hydrogens is 484 g/mol. The van der Waals surface area contributed by atoms with Crippen LogP contribution in [0.15, 0.2) is 71.6 Å². The number of imide groups is 1. The predicted molar refractivity (Wildman–Crippen MR) is 139 cm³/mol. The number of anilines is 1. The van der Waals surface area contributed by atoms with Crippen molar-refractivity contribution < 1.29 is 19.1 Å². The summed E-state index contributed by atoms with van der Waals surface area (Å²) in [5.41, 5.74) is 4.20. The van der Waals surface area contributed by atoms with Crippen LogP contribution in [-0.2, 0) is 16.1 Å². The van der Waals surface area contributed by atoms with Crippen LogP contribution in [0.4, 0.5) is 10.5 Å². The molecule has 8 heteroatoms. The molecule has 0 spiro atoms. The quantitative estimate of drug-likeness (QED) is 0.385. The van der Waals surface area contributed by atoms with Crippen LogP contribution in [0.1, 0.15) is 22.3 Å². The first-order valence-electron chi connectivity index (χ1n) is 10.9. The molecule has 1 aliphatic rings. The van der Waals surface area contributed by atoms with Gasteiger partial charge in [-0.05, 0) is 72.6 Å². The number of benzene rings is 3. The zero-order valence-corrected chi connectivity index (χ0v) is 20.8. The van der Waals surface area contributed by atoms with E-state index in [1.54, 1.807) is 42.5 Å². The van der Waals surface area contributed by atoms with Crippen LogP contribution in [0.5, 0.6) is 5.75 Å². The fraction of sp³-hybridized carbons (Fsp3) is 0.148. The van der Waals surface area contributed by atoms with Crippen molar-refractivity contribution in [2.75, 3.05) is 11.9 Å². The third kappa shape index (κ3) is 6.32. The van der Waals surface area contributed by atoms with Gasteiger partial charge in [0.05, 0.1) is 11.4 Å². The summed E-state index contributed by atoms with van der Waals surface area (Å²) in [5, 5.41) is 3.01. The highest BCUT2D eigenvalue weighted by molar-refractivity contribution is 8.18.